The molecule has 1 saturated heterocycles. The Labute approximate surface area is 117 Å². The molecule has 1 aromatic carbocycles. The maximum absolute atomic E-state index is 3.92. The molecule has 104 valence electrons. The number of hydrogen-bond donors (Lipinski definition) is 1. The van der Waals surface area contributed by atoms with Crippen molar-refractivity contribution in [3.05, 3.63) is 29.8 Å². The Balaban J connectivity index is 1.95. The number of hydrogen-bond acceptors (Lipinski definition) is 2. The van der Waals surface area contributed by atoms with Crippen LogP contribution in [0.1, 0.15) is 45.1 Å². The Morgan fingerprint density at radius 3 is 2.68 bits per heavy atom. The maximum atomic E-state index is 3.92. The number of benzene rings is 1. The molecule has 1 fully saturated rings. The second-order valence-electron chi connectivity index (χ2n) is 6.87. The van der Waals surface area contributed by atoms with Crippen LogP contribution in [0.5, 0.6) is 0 Å². The second kappa shape index (κ2) is 4.52. The van der Waals surface area contributed by atoms with E-state index in [-0.39, 0.29) is 0 Å². The molecule has 0 aliphatic carbocycles. The fourth-order valence-corrected chi connectivity index (χ4v) is 4.15. The van der Waals surface area contributed by atoms with Crippen molar-refractivity contribution in [2.75, 3.05) is 18.9 Å². The molecule has 1 spiro atoms. The number of anilines is 1. The number of fused-ring (bicyclic) bond motifs is 1. The van der Waals surface area contributed by atoms with E-state index < -0.39 is 0 Å². The third kappa shape index (κ3) is 2.06. The molecule has 0 radical (unpaired) electrons. The van der Waals surface area contributed by atoms with E-state index in [1.807, 2.05) is 0 Å². The standard InChI is InChI=1S/C17H26N2/c1-12-9-17(10-14(3)19(4)11-13(17)2)18-16-8-6-5-7-15(12)16/h5-8,12-14,18H,9-11H2,1-4H3/t12-,13-,14+,17-/m1/s1. The molecule has 4 atom stereocenters. The van der Waals surface area contributed by atoms with Crippen molar-refractivity contribution in [3.63, 3.8) is 0 Å². The summed E-state index contributed by atoms with van der Waals surface area (Å²) in [7, 11) is 2.26. The van der Waals surface area contributed by atoms with Crippen molar-refractivity contribution in [1.29, 1.82) is 0 Å². The van der Waals surface area contributed by atoms with Crippen LogP contribution in [-0.4, -0.2) is 30.1 Å². The summed E-state index contributed by atoms with van der Waals surface area (Å²) in [6, 6.07) is 9.52. The molecule has 0 saturated carbocycles. The van der Waals surface area contributed by atoms with Crippen LogP contribution in [-0.2, 0) is 0 Å². The normalized spacial score (nSPS) is 38.8. The van der Waals surface area contributed by atoms with Gasteiger partial charge in [-0.05, 0) is 50.3 Å². The van der Waals surface area contributed by atoms with Crippen LogP contribution >= 0.6 is 0 Å². The highest BCUT2D eigenvalue weighted by atomic mass is 15.2. The van der Waals surface area contributed by atoms with Gasteiger partial charge in [-0.2, -0.15) is 0 Å². The summed E-state index contributed by atoms with van der Waals surface area (Å²) in [6.07, 6.45) is 2.52. The molecule has 0 amide bonds. The highest BCUT2D eigenvalue weighted by molar-refractivity contribution is 5.57. The van der Waals surface area contributed by atoms with E-state index in [2.05, 4.69) is 62.3 Å². The lowest BCUT2D eigenvalue weighted by Crippen LogP contribution is -2.59. The van der Waals surface area contributed by atoms with Gasteiger partial charge < -0.3 is 10.2 Å². The Bertz CT molecular complexity index is 470. The van der Waals surface area contributed by atoms with E-state index in [1.165, 1.54) is 30.6 Å². The van der Waals surface area contributed by atoms with Gasteiger partial charge in [0.2, 0.25) is 0 Å². The monoisotopic (exact) mass is 258 g/mol. The van der Waals surface area contributed by atoms with Gasteiger partial charge in [0, 0.05) is 23.8 Å². The van der Waals surface area contributed by atoms with Crippen LogP contribution < -0.4 is 5.32 Å². The van der Waals surface area contributed by atoms with Crippen molar-refractivity contribution >= 4 is 5.69 Å². The minimum Gasteiger partial charge on any atom is -0.379 e. The summed E-state index contributed by atoms with van der Waals surface area (Å²) >= 11 is 0. The topological polar surface area (TPSA) is 15.3 Å². The number of piperidine rings is 1. The van der Waals surface area contributed by atoms with Crippen LogP contribution in [0.2, 0.25) is 0 Å². The van der Waals surface area contributed by atoms with Crippen molar-refractivity contribution in [2.45, 2.75) is 51.1 Å². The lowest BCUT2D eigenvalue weighted by atomic mass is 9.68. The highest BCUT2D eigenvalue weighted by Crippen LogP contribution is 2.46. The molecule has 2 nitrogen and oxygen atoms in total. The van der Waals surface area contributed by atoms with Crippen molar-refractivity contribution < 1.29 is 0 Å². The van der Waals surface area contributed by atoms with Crippen molar-refractivity contribution in [2.24, 2.45) is 5.92 Å². The Kier molecular flexibility index (Phi) is 3.09. The summed E-state index contributed by atoms with van der Waals surface area (Å²) in [5, 5.41) is 3.92. The summed E-state index contributed by atoms with van der Waals surface area (Å²) in [4.78, 5) is 2.50. The molecular formula is C17H26N2. The van der Waals surface area contributed by atoms with Crippen LogP contribution in [0.15, 0.2) is 24.3 Å². The summed E-state index contributed by atoms with van der Waals surface area (Å²) in [6.45, 7) is 8.36. The molecule has 2 aliphatic heterocycles. The van der Waals surface area contributed by atoms with E-state index in [1.54, 1.807) is 0 Å². The van der Waals surface area contributed by atoms with Gasteiger partial charge in [-0.15, -0.1) is 0 Å². The first-order valence-corrected chi connectivity index (χ1v) is 7.59. The van der Waals surface area contributed by atoms with Gasteiger partial charge in [-0.3, -0.25) is 0 Å². The molecule has 2 aliphatic rings. The molecule has 0 aromatic heterocycles. The largest absolute Gasteiger partial charge is 0.379 e. The van der Waals surface area contributed by atoms with Gasteiger partial charge in [-0.1, -0.05) is 32.0 Å². The minimum absolute atomic E-state index is 0.291. The van der Waals surface area contributed by atoms with E-state index in [0.717, 1.165) is 0 Å². The van der Waals surface area contributed by atoms with Crippen molar-refractivity contribution in [3.8, 4) is 0 Å². The van der Waals surface area contributed by atoms with Gasteiger partial charge in [0.25, 0.3) is 0 Å². The smallest absolute Gasteiger partial charge is 0.0432 e. The van der Waals surface area contributed by atoms with Gasteiger partial charge in [0.15, 0.2) is 0 Å². The molecule has 19 heavy (non-hydrogen) atoms. The first-order chi connectivity index (χ1) is 9.02. The number of para-hydroxylation sites is 1. The maximum Gasteiger partial charge on any atom is 0.0432 e. The predicted octanol–water partition coefficient (Wildman–Crippen LogP) is 3.70. The average Bonchev–Trinajstić information content (AvgIpc) is 2.37. The molecule has 2 heteroatoms. The molecule has 0 bridgehead atoms. The Morgan fingerprint density at radius 2 is 1.89 bits per heavy atom. The first kappa shape index (κ1) is 13.0. The zero-order valence-corrected chi connectivity index (χ0v) is 12.6. The molecule has 2 heterocycles. The summed E-state index contributed by atoms with van der Waals surface area (Å²) in [5.41, 5.74) is 3.15. The quantitative estimate of drug-likeness (QED) is 0.763. The molecule has 3 rings (SSSR count). The number of nitrogens with zero attached hydrogens (tertiary/aromatic N) is 1. The van der Waals surface area contributed by atoms with E-state index in [9.17, 15) is 0 Å². The fraction of sp³-hybridized carbons (Fsp3) is 0.647. The number of likely N-dealkylation sites (tertiary alicyclic amines) is 1. The lowest BCUT2D eigenvalue weighted by molar-refractivity contribution is 0.0803. The van der Waals surface area contributed by atoms with Gasteiger partial charge in [0.1, 0.15) is 0 Å². The average molecular weight is 258 g/mol. The Hall–Kier alpha value is -1.02. The van der Waals surface area contributed by atoms with Gasteiger partial charge >= 0.3 is 0 Å². The molecule has 1 N–H and O–H groups in total. The van der Waals surface area contributed by atoms with Crippen LogP contribution in [0, 0.1) is 5.92 Å². The fourth-order valence-electron chi connectivity index (χ4n) is 4.15. The third-order valence-corrected chi connectivity index (χ3v) is 5.46. The van der Waals surface area contributed by atoms with Gasteiger partial charge in [-0.25, -0.2) is 0 Å². The molecular weight excluding hydrogens is 232 g/mol. The Morgan fingerprint density at radius 1 is 1.16 bits per heavy atom. The third-order valence-electron chi connectivity index (χ3n) is 5.46. The SMILES string of the molecule is C[C@@H]1C[C@]2(C[C@H](C)N(C)C[C@H]2C)Nc2ccccc21. The molecule has 0 unspecified atom stereocenters. The minimum atomic E-state index is 0.291. The van der Waals surface area contributed by atoms with E-state index in [4.69, 9.17) is 0 Å². The van der Waals surface area contributed by atoms with Crippen LogP contribution in [0.25, 0.3) is 0 Å². The predicted molar refractivity (Wildman–Crippen MR) is 81.7 cm³/mol. The van der Waals surface area contributed by atoms with E-state index >= 15 is 0 Å². The number of rotatable bonds is 0. The summed E-state index contributed by atoms with van der Waals surface area (Å²) in [5.74, 6) is 1.36. The van der Waals surface area contributed by atoms with Crippen LogP contribution in [0.4, 0.5) is 5.69 Å². The first-order valence-electron chi connectivity index (χ1n) is 7.59. The molecule has 1 aromatic rings. The zero-order chi connectivity index (χ0) is 13.6. The zero-order valence-electron chi connectivity index (χ0n) is 12.6. The summed E-state index contributed by atoms with van der Waals surface area (Å²) < 4.78 is 0. The number of nitrogens with one attached hydrogen (secondary N) is 1. The van der Waals surface area contributed by atoms with Gasteiger partial charge in [0.05, 0.1) is 0 Å². The lowest BCUT2D eigenvalue weighted by Gasteiger charge is -2.53. The second-order valence-corrected chi connectivity index (χ2v) is 6.87. The van der Waals surface area contributed by atoms with Crippen LogP contribution in [0.3, 0.4) is 0 Å². The van der Waals surface area contributed by atoms with E-state index in [0.29, 0.717) is 23.4 Å². The highest BCUT2D eigenvalue weighted by Gasteiger charge is 2.45. The van der Waals surface area contributed by atoms with Crippen molar-refractivity contribution in [1.82, 2.24) is 4.90 Å².